The van der Waals surface area contributed by atoms with Gasteiger partial charge in [0.2, 0.25) is 0 Å². The molecule has 0 aliphatic carbocycles. The molecule has 3 aromatic carbocycles. The summed E-state index contributed by atoms with van der Waals surface area (Å²) in [6, 6.07) is 26.2. The molecule has 0 bridgehead atoms. The summed E-state index contributed by atoms with van der Waals surface area (Å²) in [4.78, 5) is 14.3. The molecule has 2 heterocycles. The Labute approximate surface area is 225 Å². The number of hydrogen-bond acceptors (Lipinski definition) is 4. The van der Waals surface area contributed by atoms with Crippen LogP contribution in [0.3, 0.4) is 0 Å². The third kappa shape index (κ3) is 6.51. The van der Waals surface area contributed by atoms with E-state index < -0.39 is 5.60 Å². The lowest BCUT2D eigenvalue weighted by Crippen LogP contribution is -2.52. The van der Waals surface area contributed by atoms with Gasteiger partial charge in [0.15, 0.2) is 0 Å². The number of carbonyl (C=O) groups is 1. The number of likely N-dealkylation sites (tertiary alicyclic amines) is 1. The number of hydrogen-bond donors (Lipinski definition) is 0. The minimum atomic E-state index is -0.466. The van der Waals surface area contributed by atoms with Crippen LogP contribution in [-0.2, 0) is 22.7 Å². The molecule has 0 N–H and O–H groups in total. The molecule has 1 amide bonds. The quantitative estimate of drug-likeness (QED) is 0.346. The highest BCUT2D eigenvalue weighted by Crippen LogP contribution is 2.41. The average molecular weight is 516 g/mol. The van der Waals surface area contributed by atoms with Gasteiger partial charge in [-0.2, -0.15) is 11.8 Å². The molecule has 5 heteroatoms. The van der Waals surface area contributed by atoms with Gasteiger partial charge in [0, 0.05) is 37.4 Å². The van der Waals surface area contributed by atoms with Crippen molar-refractivity contribution in [3.8, 4) is 16.9 Å². The van der Waals surface area contributed by atoms with Crippen LogP contribution >= 0.6 is 11.8 Å². The number of ether oxygens (including phenoxy) is 2. The zero-order valence-corrected chi connectivity index (χ0v) is 23.0. The van der Waals surface area contributed by atoms with E-state index >= 15 is 0 Å². The number of benzene rings is 3. The number of amides is 1. The Bertz CT molecular complexity index is 1210. The molecule has 37 heavy (non-hydrogen) atoms. The fraction of sp³-hybridized carbons (Fsp3) is 0.406. The first-order valence-corrected chi connectivity index (χ1v) is 14.5. The van der Waals surface area contributed by atoms with Gasteiger partial charge in [-0.05, 0) is 73.6 Å². The molecule has 1 saturated heterocycles. The van der Waals surface area contributed by atoms with Crippen LogP contribution in [0.5, 0.6) is 5.75 Å². The fourth-order valence-corrected chi connectivity index (χ4v) is 6.09. The van der Waals surface area contributed by atoms with E-state index in [9.17, 15) is 4.79 Å². The summed E-state index contributed by atoms with van der Waals surface area (Å²) in [5.41, 5.74) is 5.84. The Balaban J connectivity index is 1.17. The average Bonchev–Trinajstić information content (AvgIpc) is 2.89. The maximum absolute atomic E-state index is 12.4. The molecular weight excluding hydrogens is 478 g/mol. The number of nitrogens with zero attached hydrogens (tertiary/aromatic N) is 1. The first kappa shape index (κ1) is 25.7. The summed E-state index contributed by atoms with van der Waals surface area (Å²) in [6.45, 7) is 7.09. The topological polar surface area (TPSA) is 38.8 Å². The second kappa shape index (κ2) is 10.8. The van der Waals surface area contributed by atoms with Crippen molar-refractivity contribution in [1.82, 2.24) is 4.90 Å². The second-order valence-corrected chi connectivity index (χ2v) is 12.2. The molecule has 2 aliphatic rings. The molecule has 4 nitrogen and oxygen atoms in total. The van der Waals surface area contributed by atoms with Gasteiger partial charge >= 0.3 is 6.09 Å². The number of fused-ring (bicyclic) bond motifs is 1. The zero-order chi connectivity index (χ0) is 25.9. The maximum atomic E-state index is 12.4. The largest absolute Gasteiger partial charge is 0.487 e. The zero-order valence-electron chi connectivity index (χ0n) is 22.2. The van der Waals surface area contributed by atoms with Gasteiger partial charge < -0.3 is 14.4 Å². The lowest BCUT2D eigenvalue weighted by atomic mass is 9.82. The van der Waals surface area contributed by atoms with Crippen molar-refractivity contribution in [2.24, 2.45) is 0 Å². The van der Waals surface area contributed by atoms with E-state index in [1.165, 1.54) is 27.8 Å². The van der Waals surface area contributed by atoms with Gasteiger partial charge in [0.25, 0.3) is 0 Å². The molecule has 5 rings (SSSR count). The normalized spacial score (nSPS) is 16.7. The molecule has 0 saturated carbocycles. The number of aryl methyl sites for hydroxylation is 1. The number of rotatable bonds is 5. The van der Waals surface area contributed by atoms with Crippen LogP contribution in [0.15, 0.2) is 72.8 Å². The molecule has 1 spiro atoms. The van der Waals surface area contributed by atoms with Crippen LogP contribution in [0.2, 0.25) is 0 Å². The highest BCUT2D eigenvalue weighted by atomic mass is 32.2. The van der Waals surface area contributed by atoms with Crippen molar-refractivity contribution in [2.75, 3.05) is 13.1 Å². The Morgan fingerprint density at radius 2 is 1.54 bits per heavy atom. The molecular formula is C32H37NO3S. The second-order valence-electron chi connectivity index (χ2n) is 11.3. The smallest absolute Gasteiger partial charge is 0.410 e. The monoisotopic (exact) mass is 515 g/mol. The lowest BCUT2D eigenvalue weighted by Gasteiger charge is -2.44. The molecule has 194 valence electrons. The van der Waals surface area contributed by atoms with Crippen LogP contribution < -0.4 is 4.74 Å². The molecule has 1 fully saturated rings. The molecule has 0 radical (unpaired) electrons. The fourth-order valence-electron chi connectivity index (χ4n) is 5.13. The molecule has 0 unspecified atom stereocenters. The summed E-state index contributed by atoms with van der Waals surface area (Å²) in [5.74, 6) is 3.05. The third-order valence-corrected chi connectivity index (χ3v) is 8.31. The first-order chi connectivity index (χ1) is 17.8. The summed E-state index contributed by atoms with van der Waals surface area (Å²) >= 11 is 1.95. The van der Waals surface area contributed by atoms with E-state index in [-0.39, 0.29) is 11.7 Å². The van der Waals surface area contributed by atoms with Crippen LogP contribution in [0.1, 0.15) is 56.7 Å². The van der Waals surface area contributed by atoms with E-state index in [0.29, 0.717) is 13.1 Å². The molecule has 0 atom stereocenters. The maximum Gasteiger partial charge on any atom is 0.410 e. The van der Waals surface area contributed by atoms with Crippen LogP contribution in [0.25, 0.3) is 11.1 Å². The first-order valence-electron chi connectivity index (χ1n) is 13.3. The van der Waals surface area contributed by atoms with E-state index in [4.69, 9.17) is 9.47 Å². The third-order valence-electron chi connectivity index (χ3n) is 7.23. The van der Waals surface area contributed by atoms with E-state index in [2.05, 4.69) is 72.8 Å². The Kier molecular flexibility index (Phi) is 7.52. The summed E-state index contributed by atoms with van der Waals surface area (Å²) in [7, 11) is 0. The van der Waals surface area contributed by atoms with E-state index in [0.717, 1.165) is 42.9 Å². The Morgan fingerprint density at radius 3 is 2.22 bits per heavy atom. The van der Waals surface area contributed by atoms with Crippen molar-refractivity contribution >= 4 is 17.9 Å². The van der Waals surface area contributed by atoms with Gasteiger partial charge in [0.1, 0.15) is 17.0 Å². The molecule has 0 aromatic heterocycles. The van der Waals surface area contributed by atoms with Gasteiger partial charge in [0.05, 0.1) is 0 Å². The van der Waals surface area contributed by atoms with Crippen molar-refractivity contribution in [3.63, 3.8) is 0 Å². The van der Waals surface area contributed by atoms with Gasteiger partial charge in [-0.3, -0.25) is 0 Å². The van der Waals surface area contributed by atoms with Crippen molar-refractivity contribution in [1.29, 1.82) is 0 Å². The summed E-state index contributed by atoms with van der Waals surface area (Å²) in [6.07, 6.45) is 3.46. The number of carbonyl (C=O) groups excluding carboxylic acids is 1. The lowest BCUT2D eigenvalue weighted by molar-refractivity contribution is -0.0272. The van der Waals surface area contributed by atoms with Crippen molar-refractivity contribution in [2.45, 2.75) is 69.2 Å². The van der Waals surface area contributed by atoms with Crippen LogP contribution in [0, 0.1) is 0 Å². The Hall–Kier alpha value is -2.92. The summed E-state index contributed by atoms with van der Waals surface area (Å²) < 4.78 is 12.2. The SMILES string of the molecule is CC(C)(C)OC(=O)N1CCC2(CCc3cc(-c4ccc(CSCc5ccccc5)cc4)ccc3O2)CC1. The number of piperidine rings is 1. The minimum absolute atomic E-state index is 0.175. The van der Waals surface area contributed by atoms with Crippen LogP contribution in [0.4, 0.5) is 4.79 Å². The number of thioether (sulfide) groups is 1. The molecule has 3 aromatic rings. The Morgan fingerprint density at radius 1 is 0.892 bits per heavy atom. The van der Waals surface area contributed by atoms with Gasteiger partial charge in [-0.25, -0.2) is 4.79 Å². The summed E-state index contributed by atoms with van der Waals surface area (Å²) in [5, 5.41) is 0. The van der Waals surface area contributed by atoms with Crippen molar-refractivity contribution < 1.29 is 14.3 Å². The predicted molar refractivity (Wildman–Crippen MR) is 152 cm³/mol. The van der Waals surface area contributed by atoms with E-state index in [1.54, 1.807) is 0 Å². The standard InChI is InChI=1S/C32H37NO3S/c1-31(2,3)36-30(34)33-19-17-32(18-20-33)16-15-28-21-27(13-14-29(28)35-32)26-11-9-25(10-12-26)23-37-22-24-7-5-4-6-8-24/h4-14,21H,15-20,22-23H2,1-3H3. The highest BCUT2D eigenvalue weighted by molar-refractivity contribution is 7.97. The minimum Gasteiger partial charge on any atom is -0.487 e. The van der Waals surface area contributed by atoms with Gasteiger partial charge in [-0.1, -0.05) is 60.7 Å². The highest BCUT2D eigenvalue weighted by Gasteiger charge is 2.41. The van der Waals surface area contributed by atoms with Gasteiger partial charge in [-0.15, -0.1) is 0 Å². The predicted octanol–water partition coefficient (Wildman–Crippen LogP) is 7.88. The van der Waals surface area contributed by atoms with Crippen molar-refractivity contribution in [3.05, 3.63) is 89.5 Å². The van der Waals surface area contributed by atoms with Crippen LogP contribution in [-0.4, -0.2) is 35.3 Å². The van der Waals surface area contributed by atoms with E-state index in [1.807, 2.05) is 37.4 Å². The molecule has 2 aliphatic heterocycles.